The van der Waals surface area contributed by atoms with Gasteiger partial charge in [0.2, 0.25) is 0 Å². The van der Waals surface area contributed by atoms with E-state index in [4.69, 9.17) is 23.7 Å². The first-order chi connectivity index (χ1) is 22.8. The first kappa shape index (κ1) is 39.5. The maximum atomic E-state index is 11.9. The van der Waals surface area contributed by atoms with Gasteiger partial charge in [0.15, 0.2) is 0 Å². The lowest BCUT2D eigenvalue weighted by atomic mass is 10.00. The number of cyclic esters (lactones) is 1. The molecule has 8 heteroatoms. The van der Waals surface area contributed by atoms with Crippen molar-refractivity contribution in [1.29, 1.82) is 0 Å². The zero-order valence-electron chi connectivity index (χ0n) is 30.1. The molecule has 0 spiro atoms. The van der Waals surface area contributed by atoms with E-state index in [1.807, 2.05) is 13.0 Å². The molecule has 0 amide bonds. The number of hydrogen-bond acceptors (Lipinski definition) is 8. The molecule has 3 rings (SSSR count). The van der Waals surface area contributed by atoms with Gasteiger partial charge in [0.05, 0.1) is 24.4 Å². The van der Waals surface area contributed by atoms with E-state index in [2.05, 4.69) is 6.92 Å². The first-order valence-electron chi connectivity index (χ1n) is 19.3. The summed E-state index contributed by atoms with van der Waals surface area (Å²) >= 11 is 0. The van der Waals surface area contributed by atoms with Crippen LogP contribution in [0.5, 0.6) is 0 Å². The molecule has 0 aromatic heterocycles. The Morgan fingerprint density at radius 2 is 1.11 bits per heavy atom. The molecule has 0 aromatic carbocycles. The average Bonchev–Trinajstić information content (AvgIpc) is 3.78. The van der Waals surface area contributed by atoms with Crippen molar-refractivity contribution in [2.45, 2.75) is 218 Å². The van der Waals surface area contributed by atoms with Crippen molar-refractivity contribution in [3.05, 3.63) is 11.6 Å². The highest BCUT2D eigenvalue weighted by molar-refractivity contribution is 5.90. The topological polar surface area (TPSA) is 97.4 Å². The minimum atomic E-state index is -0.250. The van der Waals surface area contributed by atoms with Crippen molar-refractivity contribution >= 4 is 17.9 Å². The minimum absolute atomic E-state index is 0.00752. The van der Waals surface area contributed by atoms with Gasteiger partial charge in [0.1, 0.15) is 18.3 Å². The Morgan fingerprint density at radius 1 is 0.681 bits per heavy atom. The molecule has 0 N–H and O–H groups in total. The number of carbonyl (C=O) groups excluding carboxylic acids is 3. The van der Waals surface area contributed by atoms with E-state index in [-0.39, 0.29) is 60.6 Å². The van der Waals surface area contributed by atoms with Crippen LogP contribution in [-0.4, -0.2) is 60.6 Å². The zero-order valence-corrected chi connectivity index (χ0v) is 30.1. The van der Waals surface area contributed by atoms with Crippen molar-refractivity contribution in [1.82, 2.24) is 0 Å². The Balaban J connectivity index is 1.30. The van der Waals surface area contributed by atoms with E-state index in [9.17, 15) is 14.4 Å². The van der Waals surface area contributed by atoms with Crippen LogP contribution in [0.2, 0.25) is 0 Å². The molecule has 3 heterocycles. The Bertz CT molecular complexity index is 947. The third-order valence-corrected chi connectivity index (χ3v) is 10.1. The largest absolute Gasteiger partial charge is 0.460 e. The van der Waals surface area contributed by atoms with Crippen molar-refractivity contribution in [2.75, 3.05) is 0 Å². The third kappa shape index (κ3) is 15.4. The fourth-order valence-corrected chi connectivity index (χ4v) is 7.56. The normalized spacial score (nSPS) is 25.4. The van der Waals surface area contributed by atoms with Gasteiger partial charge in [-0.1, -0.05) is 90.4 Å². The molecular weight excluding hydrogens is 596 g/mol. The zero-order chi connectivity index (χ0) is 33.9. The predicted molar refractivity (Wildman–Crippen MR) is 184 cm³/mol. The van der Waals surface area contributed by atoms with Crippen LogP contribution in [0.15, 0.2) is 11.6 Å². The van der Waals surface area contributed by atoms with Crippen molar-refractivity contribution in [2.24, 2.45) is 0 Å². The van der Waals surface area contributed by atoms with Gasteiger partial charge in [-0.2, -0.15) is 0 Å². The van der Waals surface area contributed by atoms with E-state index in [0.29, 0.717) is 0 Å². The fraction of sp³-hybridized carbons (Fsp3) is 0.872. The molecule has 2 fully saturated rings. The summed E-state index contributed by atoms with van der Waals surface area (Å²) in [7, 11) is 0. The number of unbranched alkanes of at least 4 members (excludes halogenated alkanes) is 14. The fourth-order valence-electron chi connectivity index (χ4n) is 7.56. The van der Waals surface area contributed by atoms with Gasteiger partial charge in [-0.15, -0.1) is 0 Å². The summed E-state index contributed by atoms with van der Waals surface area (Å²) in [5.74, 6) is -0.627. The van der Waals surface area contributed by atoms with Crippen LogP contribution in [0.25, 0.3) is 0 Å². The van der Waals surface area contributed by atoms with Gasteiger partial charge in [-0.3, -0.25) is 9.59 Å². The second kappa shape index (κ2) is 22.7. The number of rotatable bonds is 25. The Labute approximate surface area is 285 Å². The van der Waals surface area contributed by atoms with E-state index in [0.717, 1.165) is 82.6 Å². The highest BCUT2D eigenvalue weighted by Crippen LogP contribution is 2.36. The second-order valence-corrected chi connectivity index (χ2v) is 14.3. The standard InChI is InChI=1S/C39H66O8/c1-5-6-7-8-9-13-16-19-22-33(44-30(3)40)35-24-26-37(46-35)38-27-25-36(47-38)34(45-31(4)41)23-20-17-14-11-10-12-15-18-21-32-28-29(2)43-39(32)42/h28-29,33-38H,5-27H2,1-4H3/t29-,33+,34+,35+,36+,37+,38+/m0/s1. The van der Waals surface area contributed by atoms with Crippen LogP contribution in [0.3, 0.4) is 0 Å². The Kier molecular flexibility index (Phi) is 19.0. The lowest BCUT2D eigenvalue weighted by Crippen LogP contribution is -2.35. The van der Waals surface area contributed by atoms with E-state index >= 15 is 0 Å². The number of carbonyl (C=O) groups is 3. The van der Waals surface area contributed by atoms with Crippen LogP contribution in [0.1, 0.15) is 175 Å². The summed E-state index contributed by atoms with van der Waals surface area (Å²) in [6.07, 6.45) is 26.4. The molecule has 2 saturated heterocycles. The summed E-state index contributed by atoms with van der Waals surface area (Å²) in [5.41, 5.74) is 0.842. The third-order valence-electron chi connectivity index (χ3n) is 10.1. The number of ether oxygens (including phenoxy) is 5. The monoisotopic (exact) mass is 662 g/mol. The van der Waals surface area contributed by atoms with Crippen molar-refractivity contribution in [3.63, 3.8) is 0 Å². The molecule has 0 unspecified atom stereocenters. The Morgan fingerprint density at radius 3 is 1.51 bits per heavy atom. The maximum Gasteiger partial charge on any atom is 0.334 e. The molecule has 3 aliphatic heterocycles. The first-order valence-corrected chi connectivity index (χ1v) is 19.3. The van der Waals surface area contributed by atoms with Gasteiger partial charge >= 0.3 is 17.9 Å². The summed E-state index contributed by atoms with van der Waals surface area (Å²) in [5, 5.41) is 0. The molecule has 47 heavy (non-hydrogen) atoms. The molecular formula is C39H66O8. The van der Waals surface area contributed by atoms with Crippen LogP contribution < -0.4 is 0 Å². The lowest BCUT2D eigenvalue weighted by molar-refractivity contribution is -0.164. The number of hydrogen-bond donors (Lipinski definition) is 0. The average molecular weight is 663 g/mol. The molecule has 3 aliphatic rings. The smallest absolute Gasteiger partial charge is 0.334 e. The SMILES string of the molecule is CCCCCCCCCC[C@@H](OC(C)=O)[C@H]1CC[C@H]([C@H]2CC[C@H]([C@@H](CCCCCCCCCCC3=C[C@H](C)OC3=O)OC(C)=O)O2)O1. The lowest BCUT2D eigenvalue weighted by Gasteiger charge is -2.27. The van der Waals surface area contributed by atoms with E-state index in [1.165, 1.54) is 84.5 Å². The molecule has 0 aliphatic carbocycles. The second-order valence-electron chi connectivity index (χ2n) is 14.3. The van der Waals surface area contributed by atoms with Gasteiger partial charge in [-0.05, 0) is 77.2 Å². The minimum Gasteiger partial charge on any atom is -0.460 e. The molecule has 0 aromatic rings. The molecule has 0 bridgehead atoms. The van der Waals surface area contributed by atoms with Crippen LogP contribution in [0.4, 0.5) is 0 Å². The molecule has 0 radical (unpaired) electrons. The highest BCUT2D eigenvalue weighted by atomic mass is 16.6. The van der Waals surface area contributed by atoms with Crippen molar-refractivity contribution < 1.29 is 38.1 Å². The van der Waals surface area contributed by atoms with E-state index < -0.39 is 0 Å². The summed E-state index contributed by atoms with van der Waals surface area (Å²) in [6.45, 7) is 7.13. The number of esters is 3. The van der Waals surface area contributed by atoms with Crippen LogP contribution in [0, 0.1) is 0 Å². The van der Waals surface area contributed by atoms with Crippen LogP contribution in [-0.2, 0) is 38.1 Å². The highest BCUT2D eigenvalue weighted by Gasteiger charge is 2.42. The molecule has 8 nitrogen and oxygen atoms in total. The maximum absolute atomic E-state index is 11.9. The summed E-state index contributed by atoms with van der Waals surface area (Å²) in [6, 6.07) is 0. The van der Waals surface area contributed by atoms with Gasteiger partial charge in [-0.25, -0.2) is 4.79 Å². The van der Waals surface area contributed by atoms with E-state index in [1.54, 1.807) is 0 Å². The quantitative estimate of drug-likeness (QED) is 0.0542. The van der Waals surface area contributed by atoms with Gasteiger partial charge in [0, 0.05) is 19.4 Å². The van der Waals surface area contributed by atoms with Gasteiger partial charge < -0.3 is 23.7 Å². The Hall–Kier alpha value is -1.93. The predicted octanol–water partition coefficient (Wildman–Crippen LogP) is 9.25. The summed E-state index contributed by atoms with van der Waals surface area (Å²) in [4.78, 5) is 35.5. The summed E-state index contributed by atoms with van der Waals surface area (Å²) < 4.78 is 29.7. The molecule has 0 saturated carbocycles. The molecule has 7 atom stereocenters. The van der Waals surface area contributed by atoms with Crippen LogP contribution >= 0.6 is 0 Å². The molecule has 270 valence electrons. The van der Waals surface area contributed by atoms with Gasteiger partial charge in [0.25, 0.3) is 0 Å². The van der Waals surface area contributed by atoms with Crippen molar-refractivity contribution in [3.8, 4) is 0 Å².